The number of rotatable bonds is 3. The van der Waals surface area contributed by atoms with Crippen molar-refractivity contribution in [3.8, 4) is 11.5 Å². The lowest BCUT2D eigenvalue weighted by Crippen LogP contribution is -2.43. The first kappa shape index (κ1) is 15.9. The molecule has 3 heteroatoms. The lowest BCUT2D eigenvalue weighted by molar-refractivity contribution is -0.122. The lowest BCUT2D eigenvalue weighted by atomic mass is 9.83. The molecule has 0 saturated heterocycles. The van der Waals surface area contributed by atoms with Crippen LogP contribution in [-0.2, 0) is 4.79 Å². The van der Waals surface area contributed by atoms with Crippen LogP contribution in [0.5, 0.6) is 11.5 Å². The van der Waals surface area contributed by atoms with Crippen molar-refractivity contribution in [2.75, 3.05) is 0 Å². The molecule has 1 heterocycles. The number of amides is 1. The maximum Gasteiger partial charge on any atom is 0.232 e. The molecular formula is C23H25NO2. The average Bonchev–Trinajstić information content (AvgIpc) is 3.29. The summed E-state index contributed by atoms with van der Waals surface area (Å²) < 4.78 is 6.02. The van der Waals surface area contributed by atoms with Crippen molar-refractivity contribution in [2.24, 2.45) is 17.8 Å². The molecule has 0 aromatic heterocycles. The minimum Gasteiger partial charge on any atom is -0.457 e. The van der Waals surface area contributed by atoms with Gasteiger partial charge in [-0.3, -0.25) is 4.79 Å². The predicted molar refractivity (Wildman–Crippen MR) is 101 cm³/mol. The lowest BCUT2D eigenvalue weighted by Gasteiger charge is -2.32. The smallest absolute Gasteiger partial charge is 0.232 e. The molecule has 2 fully saturated rings. The third kappa shape index (κ3) is 2.53. The predicted octanol–water partition coefficient (Wildman–Crippen LogP) is 4.87. The van der Waals surface area contributed by atoms with Gasteiger partial charge in [-0.1, -0.05) is 42.8 Å². The van der Waals surface area contributed by atoms with Gasteiger partial charge in [0.2, 0.25) is 5.91 Å². The molecule has 1 aliphatic heterocycles. The van der Waals surface area contributed by atoms with E-state index in [1.165, 1.54) is 25.7 Å². The monoisotopic (exact) mass is 347 g/mol. The number of carbonyl (C=O) groups excluding carboxylic acids is 1. The molecule has 2 aromatic rings. The molecule has 2 saturated carbocycles. The third-order valence-electron chi connectivity index (χ3n) is 6.75. The van der Waals surface area contributed by atoms with Crippen molar-refractivity contribution < 1.29 is 9.53 Å². The van der Waals surface area contributed by atoms with Crippen LogP contribution in [0, 0.1) is 17.8 Å². The van der Waals surface area contributed by atoms with E-state index in [1.807, 2.05) is 48.5 Å². The molecule has 3 aliphatic rings. The highest BCUT2D eigenvalue weighted by molar-refractivity contribution is 5.89. The fourth-order valence-electron chi connectivity index (χ4n) is 5.51. The molecule has 0 spiro atoms. The molecule has 1 N–H and O–H groups in total. The Bertz CT molecular complexity index is 800. The first-order chi connectivity index (χ1) is 12.7. The maximum absolute atomic E-state index is 13.3. The van der Waals surface area contributed by atoms with Crippen LogP contribution in [0.4, 0.5) is 0 Å². The van der Waals surface area contributed by atoms with Crippen LogP contribution in [-0.4, -0.2) is 11.9 Å². The molecule has 3 nitrogen and oxygen atoms in total. The van der Waals surface area contributed by atoms with Crippen molar-refractivity contribution in [1.82, 2.24) is 5.32 Å². The number of hydrogen-bond acceptors (Lipinski definition) is 2. The molecule has 2 bridgehead atoms. The molecule has 4 atom stereocenters. The molecule has 0 unspecified atom stereocenters. The van der Waals surface area contributed by atoms with Crippen molar-refractivity contribution >= 4 is 5.91 Å². The Kier molecular flexibility index (Phi) is 3.77. The van der Waals surface area contributed by atoms with Gasteiger partial charge < -0.3 is 10.1 Å². The summed E-state index contributed by atoms with van der Waals surface area (Å²) in [5.74, 6) is 3.74. The molecule has 2 aromatic carbocycles. The highest BCUT2D eigenvalue weighted by Crippen LogP contribution is 2.50. The zero-order valence-electron chi connectivity index (χ0n) is 15.2. The van der Waals surface area contributed by atoms with Crippen molar-refractivity contribution in [3.05, 3.63) is 59.7 Å². The summed E-state index contributed by atoms with van der Waals surface area (Å²) in [6.07, 6.45) is 5.39. The number of hydrogen-bond donors (Lipinski definition) is 1. The summed E-state index contributed by atoms with van der Waals surface area (Å²) in [6.45, 7) is 2.19. The van der Waals surface area contributed by atoms with E-state index < -0.39 is 0 Å². The van der Waals surface area contributed by atoms with E-state index in [9.17, 15) is 4.79 Å². The first-order valence-corrected chi connectivity index (χ1v) is 9.87. The summed E-state index contributed by atoms with van der Waals surface area (Å²) in [5, 5.41) is 3.36. The van der Waals surface area contributed by atoms with Gasteiger partial charge in [-0.2, -0.15) is 0 Å². The van der Waals surface area contributed by atoms with Gasteiger partial charge in [0.05, 0.1) is 5.92 Å². The summed E-state index contributed by atoms with van der Waals surface area (Å²) in [5.41, 5.74) is 1.92. The van der Waals surface area contributed by atoms with Crippen LogP contribution in [0.15, 0.2) is 48.5 Å². The number of carbonyl (C=O) groups is 1. The number of benzene rings is 2. The second kappa shape index (κ2) is 6.15. The molecule has 0 radical (unpaired) electrons. The Balaban J connectivity index is 1.43. The zero-order valence-corrected chi connectivity index (χ0v) is 15.2. The Hall–Kier alpha value is -2.29. The van der Waals surface area contributed by atoms with Crippen LogP contribution >= 0.6 is 0 Å². The minimum atomic E-state index is -0.294. The number of fused-ring (bicyclic) bond motifs is 4. The fraction of sp³-hybridized carbons (Fsp3) is 0.435. The average molecular weight is 347 g/mol. The normalized spacial score (nSPS) is 27.3. The Morgan fingerprint density at radius 2 is 1.65 bits per heavy atom. The number of ether oxygens (including phenoxy) is 1. The molecule has 2 aliphatic carbocycles. The molecule has 26 heavy (non-hydrogen) atoms. The van der Waals surface area contributed by atoms with Crippen LogP contribution in [0.25, 0.3) is 0 Å². The van der Waals surface area contributed by atoms with Gasteiger partial charge in [-0.05, 0) is 56.1 Å². The van der Waals surface area contributed by atoms with E-state index in [0.29, 0.717) is 5.92 Å². The van der Waals surface area contributed by atoms with E-state index in [1.54, 1.807) is 0 Å². The van der Waals surface area contributed by atoms with E-state index in [2.05, 4.69) is 12.2 Å². The second-order valence-electron chi connectivity index (χ2n) is 8.25. The number of nitrogens with one attached hydrogen (secondary N) is 1. The van der Waals surface area contributed by atoms with Gasteiger partial charge >= 0.3 is 0 Å². The van der Waals surface area contributed by atoms with Gasteiger partial charge in [0.25, 0.3) is 0 Å². The Morgan fingerprint density at radius 1 is 1.00 bits per heavy atom. The van der Waals surface area contributed by atoms with E-state index in [4.69, 9.17) is 4.74 Å². The summed E-state index contributed by atoms with van der Waals surface area (Å²) >= 11 is 0. The van der Waals surface area contributed by atoms with Crippen molar-refractivity contribution in [1.29, 1.82) is 0 Å². The zero-order chi connectivity index (χ0) is 17.7. The van der Waals surface area contributed by atoms with Gasteiger partial charge in [-0.15, -0.1) is 0 Å². The quantitative estimate of drug-likeness (QED) is 0.860. The van der Waals surface area contributed by atoms with Gasteiger partial charge in [-0.25, -0.2) is 0 Å². The van der Waals surface area contributed by atoms with Crippen LogP contribution < -0.4 is 10.1 Å². The SMILES string of the molecule is C[C@H](NC(=O)C1c2ccccc2Oc2ccccc21)[C@H]1C[C@H]2CC[C@H]1C2. The molecule has 1 amide bonds. The number of para-hydroxylation sites is 2. The van der Waals surface area contributed by atoms with Crippen molar-refractivity contribution in [3.63, 3.8) is 0 Å². The molecule has 134 valence electrons. The molecule has 5 rings (SSSR count). The third-order valence-corrected chi connectivity index (χ3v) is 6.75. The van der Waals surface area contributed by atoms with Crippen LogP contribution in [0.2, 0.25) is 0 Å². The fourth-order valence-corrected chi connectivity index (χ4v) is 5.51. The summed E-state index contributed by atoms with van der Waals surface area (Å²) in [7, 11) is 0. The topological polar surface area (TPSA) is 38.3 Å². The minimum absolute atomic E-state index is 0.100. The van der Waals surface area contributed by atoms with E-state index >= 15 is 0 Å². The van der Waals surface area contributed by atoms with E-state index in [-0.39, 0.29) is 17.9 Å². The highest BCUT2D eigenvalue weighted by Gasteiger charge is 2.43. The first-order valence-electron chi connectivity index (χ1n) is 9.87. The van der Waals surface area contributed by atoms with E-state index in [0.717, 1.165) is 34.5 Å². The molecular weight excluding hydrogens is 322 g/mol. The summed E-state index contributed by atoms with van der Waals surface area (Å²) in [4.78, 5) is 13.3. The van der Waals surface area contributed by atoms with Gasteiger partial charge in [0.1, 0.15) is 11.5 Å². The Labute approximate surface area is 154 Å². The largest absolute Gasteiger partial charge is 0.457 e. The van der Waals surface area contributed by atoms with Crippen LogP contribution in [0.3, 0.4) is 0 Å². The second-order valence-corrected chi connectivity index (χ2v) is 8.25. The Morgan fingerprint density at radius 3 is 2.23 bits per heavy atom. The standard InChI is InChI=1S/C23H25NO2/c1-14(19-13-15-10-11-16(19)12-15)24-23(25)22-17-6-2-4-8-20(17)26-21-9-5-3-7-18(21)22/h2-9,14-16,19,22H,10-13H2,1H3,(H,24,25)/t14-,15-,16-,19+/m0/s1. The van der Waals surface area contributed by atoms with Crippen molar-refractivity contribution in [2.45, 2.75) is 44.6 Å². The van der Waals surface area contributed by atoms with Crippen LogP contribution in [0.1, 0.15) is 49.7 Å². The maximum atomic E-state index is 13.3. The summed E-state index contributed by atoms with van der Waals surface area (Å²) in [6, 6.07) is 16.0. The van der Waals surface area contributed by atoms with Gasteiger partial charge in [0, 0.05) is 17.2 Å². The highest BCUT2D eigenvalue weighted by atomic mass is 16.5. The van der Waals surface area contributed by atoms with Gasteiger partial charge in [0.15, 0.2) is 0 Å².